The van der Waals surface area contributed by atoms with Crippen molar-refractivity contribution in [1.82, 2.24) is 19.7 Å². The summed E-state index contributed by atoms with van der Waals surface area (Å²) in [5.74, 6) is 1.78. The number of methoxy groups -OCH3 is 1. The smallest absolute Gasteiger partial charge is 0.197 e. The van der Waals surface area contributed by atoms with Crippen LogP contribution in [0.3, 0.4) is 0 Å². The van der Waals surface area contributed by atoms with E-state index in [1.807, 2.05) is 44.2 Å². The molecule has 0 saturated heterocycles. The Morgan fingerprint density at radius 2 is 1.64 bits per heavy atom. The molecule has 142 valence electrons. The highest BCUT2D eigenvalue weighted by Crippen LogP contribution is 2.32. The zero-order chi connectivity index (χ0) is 19.8. The molecule has 28 heavy (non-hydrogen) atoms. The van der Waals surface area contributed by atoms with Crippen molar-refractivity contribution in [1.29, 1.82) is 0 Å². The van der Waals surface area contributed by atoms with Crippen LogP contribution in [0.25, 0.3) is 16.9 Å². The highest BCUT2D eigenvalue weighted by molar-refractivity contribution is 6.42. The Morgan fingerprint density at radius 1 is 0.964 bits per heavy atom. The van der Waals surface area contributed by atoms with Crippen molar-refractivity contribution < 1.29 is 4.74 Å². The molecule has 0 atom stereocenters. The molecule has 4 aromatic rings. The molecule has 2 aromatic carbocycles. The predicted octanol–water partition coefficient (Wildman–Crippen LogP) is 5.49. The summed E-state index contributed by atoms with van der Waals surface area (Å²) in [7, 11) is 1.62. The number of fused-ring (bicyclic) bond motifs is 1. The van der Waals surface area contributed by atoms with Crippen LogP contribution in [0.15, 0.2) is 42.5 Å². The van der Waals surface area contributed by atoms with Gasteiger partial charge >= 0.3 is 0 Å². The first-order chi connectivity index (χ1) is 13.5. The van der Waals surface area contributed by atoms with E-state index in [0.29, 0.717) is 38.5 Å². The molecule has 0 saturated carbocycles. The van der Waals surface area contributed by atoms with E-state index in [9.17, 15) is 0 Å². The van der Waals surface area contributed by atoms with Gasteiger partial charge in [-0.05, 0) is 44.2 Å². The molecule has 4 rings (SSSR count). The van der Waals surface area contributed by atoms with Gasteiger partial charge in [0.05, 0.1) is 39.6 Å². The van der Waals surface area contributed by atoms with Crippen LogP contribution >= 0.6 is 23.2 Å². The summed E-state index contributed by atoms with van der Waals surface area (Å²) in [6.07, 6.45) is 0. The van der Waals surface area contributed by atoms with Crippen molar-refractivity contribution in [3.63, 3.8) is 0 Å². The van der Waals surface area contributed by atoms with Crippen LogP contribution in [0.5, 0.6) is 5.75 Å². The lowest BCUT2D eigenvalue weighted by atomic mass is 10.2. The summed E-state index contributed by atoms with van der Waals surface area (Å²) < 4.78 is 7.19. The molecule has 0 fully saturated rings. The van der Waals surface area contributed by atoms with Crippen molar-refractivity contribution >= 4 is 45.7 Å². The molecule has 0 spiro atoms. The fraction of sp³-hybridized carbons (Fsp3) is 0.150. The minimum atomic E-state index is 0.422. The second kappa shape index (κ2) is 7.30. The van der Waals surface area contributed by atoms with E-state index in [2.05, 4.69) is 10.4 Å². The lowest BCUT2D eigenvalue weighted by Gasteiger charge is -2.15. The van der Waals surface area contributed by atoms with Crippen LogP contribution in [0.1, 0.15) is 11.4 Å². The number of benzene rings is 2. The van der Waals surface area contributed by atoms with Crippen molar-refractivity contribution in [2.45, 2.75) is 13.8 Å². The summed E-state index contributed by atoms with van der Waals surface area (Å²) in [5, 5.41) is 8.72. The predicted molar refractivity (Wildman–Crippen MR) is 112 cm³/mol. The highest BCUT2D eigenvalue weighted by atomic mass is 35.5. The molecular formula is C20H17Cl2N5O. The first-order valence-electron chi connectivity index (χ1n) is 8.56. The third-order valence-corrected chi connectivity index (χ3v) is 4.98. The molecule has 6 nitrogen and oxygen atoms in total. The van der Waals surface area contributed by atoms with Crippen LogP contribution in [-0.2, 0) is 0 Å². The third kappa shape index (κ3) is 3.37. The molecule has 8 heteroatoms. The van der Waals surface area contributed by atoms with Crippen LogP contribution in [0.4, 0.5) is 11.5 Å². The monoisotopic (exact) mass is 413 g/mol. The summed E-state index contributed by atoms with van der Waals surface area (Å²) in [4.78, 5) is 9.51. The molecule has 0 aliphatic rings. The van der Waals surface area contributed by atoms with E-state index >= 15 is 0 Å². The number of rotatable bonds is 4. The van der Waals surface area contributed by atoms with Gasteiger partial charge in [0.15, 0.2) is 11.6 Å². The number of ether oxygens (including phenoxy) is 1. The number of nitrogens with one attached hydrogen (secondary N) is 1. The number of aromatic nitrogens is 4. The molecule has 0 unspecified atom stereocenters. The van der Waals surface area contributed by atoms with E-state index in [1.165, 1.54) is 0 Å². The second-order valence-corrected chi connectivity index (χ2v) is 7.13. The molecular weight excluding hydrogens is 397 g/mol. The molecule has 0 amide bonds. The normalized spacial score (nSPS) is 11.0. The lowest BCUT2D eigenvalue weighted by molar-refractivity contribution is 0.417. The number of halogens is 2. The van der Waals surface area contributed by atoms with E-state index in [1.54, 1.807) is 23.9 Å². The second-order valence-electron chi connectivity index (χ2n) is 6.32. The van der Waals surface area contributed by atoms with Gasteiger partial charge in [-0.2, -0.15) is 5.10 Å². The van der Waals surface area contributed by atoms with Gasteiger partial charge in [-0.15, -0.1) is 0 Å². The lowest BCUT2D eigenvalue weighted by Crippen LogP contribution is -2.09. The van der Waals surface area contributed by atoms with Gasteiger partial charge in [-0.3, -0.25) is 0 Å². The van der Waals surface area contributed by atoms with Crippen LogP contribution in [0.2, 0.25) is 10.0 Å². The van der Waals surface area contributed by atoms with E-state index < -0.39 is 0 Å². The number of hydrogen-bond acceptors (Lipinski definition) is 5. The topological polar surface area (TPSA) is 64.9 Å². The standard InChI is InChI=1S/C20H17Cl2N5O/c1-11-8-12(2)27(26-11)20-19(23-15-6-4-5-7-18(15)28-3)24-16-9-13(21)14(22)10-17(16)25-20/h4-10H,1-3H3,(H,23,24). The van der Waals surface area contributed by atoms with E-state index in [4.69, 9.17) is 37.9 Å². The number of para-hydroxylation sites is 2. The van der Waals surface area contributed by atoms with Crippen LogP contribution < -0.4 is 10.1 Å². The average molecular weight is 414 g/mol. The van der Waals surface area contributed by atoms with Crippen molar-refractivity contribution in [3.8, 4) is 11.6 Å². The molecule has 1 N–H and O–H groups in total. The maximum Gasteiger partial charge on any atom is 0.197 e. The van der Waals surface area contributed by atoms with Crippen LogP contribution in [-0.4, -0.2) is 26.9 Å². The number of nitrogens with zero attached hydrogens (tertiary/aromatic N) is 4. The first kappa shape index (κ1) is 18.5. The van der Waals surface area contributed by atoms with Gasteiger partial charge < -0.3 is 10.1 Å². The number of hydrogen-bond donors (Lipinski definition) is 1. The average Bonchev–Trinajstić information content (AvgIpc) is 3.01. The van der Waals surface area contributed by atoms with Crippen molar-refractivity contribution in [2.24, 2.45) is 0 Å². The minimum absolute atomic E-state index is 0.422. The number of aryl methyl sites for hydroxylation is 2. The van der Waals surface area contributed by atoms with Gasteiger partial charge in [0.1, 0.15) is 5.75 Å². The molecule has 0 aliphatic carbocycles. The largest absolute Gasteiger partial charge is 0.495 e. The van der Waals surface area contributed by atoms with Gasteiger partial charge in [0.2, 0.25) is 0 Å². The SMILES string of the molecule is COc1ccccc1Nc1nc2cc(Cl)c(Cl)cc2nc1-n1nc(C)cc1C. The Bertz CT molecular complexity index is 1190. The van der Waals surface area contributed by atoms with Gasteiger partial charge in [0, 0.05) is 5.69 Å². The quantitative estimate of drug-likeness (QED) is 0.478. The van der Waals surface area contributed by atoms with Crippen molar-refractivity contribution in [3.05, 3.63) is 63.9 Å². The van der Waals surface area contributed by atoms with E-state index in [-0.39, 0.29) is 0 Å². The van der Waals surface area contributed by atoms with Gasteiger partial charge in [-0.25, -0.2) is 14.6 Å². The fourth-order valence-corrected chi connectivity index (χ4v) is 3.31. The summed E-state index contributed by atoms with van der Waals surface area (Å²) in [6.45, 7) is 3.90. The van der Waals surface area contributed by atoms with Crippen molar-refractivity contribution in [2.75, 3.05) is 12.4 Å². The van der Waals surface area contributed by atoms with Crippen LogP contribution in [0, 0.1) is 13.8 Å². The summed E-state index contributed by atoms with van der Waals surface area (Å²) in [5.41, 5.74) is 3.84. The Morgan fingerprint density at radius 3 is 2.29 bits per heavy atom. The molecule has 2 aromatic heterocycles. The molecule has 2 heterocycles. The highest BCUT2D eigenvalue weighted by Gasteiger charge is 2.17. The van der Waals surface area contributed by atoms with Gasteiger partial charge in [-0.1, -0.05) is 35.3 Å². The zero-order valence-corrected chi connectivity index (χ0v) is 17.0. The third-order valence-electron chi connectivity index (χ3n) is 4.26. The fourth-order valence-electron chi connectivity index (χ4n) is 2.99. The number of anilines is 2. The zero-order valence-electron chi connectivity index (χ0n) is 15.5. The molecule has 0 bridgehead atoms. The Kier molecular flexibility index (Phi) is 4.83. The maximum absolute atomic E-state index is 6.18. The molecule has 0 aliphatic heterocycles. The van der Waals surface area contributed by atoms with Gasteiger partial charge in [0.25, 0.3) is 0 Å². The molecule has 0 radical (unpaired) electrons. The Hall–Kier alpha value is -2.83. The Labute approximate surface area is 172 Å². The minimum Gasteiger partial charge on any atom is -0.495 e. The summed E-state index contributed by atoms with van der Waals surface area (Å²) in [6, 6.07) is 13.0. The maximum atomic E-state index is 6.18. The Balaban J connectivity index is 1.95. The summed E-state index contributed by atoms with van der Waals surface area (Å²) >= 11 is 12.4. The van der Waals surface area contributed by atoms with E-state index in [0.717, 1.165) is 17.1 Å². The first-order valence-corrected chi connectivity index (χ1v) is 9.32.